The summed E-state index contributed by atoms with van der Waals surface area (Å²) in [4.78, 5) is 24.2. The van der Waals surface area contributed by atoms with Crippen LogP contribution in [0.1, 0.15) is 30.1 Å². The van der Waals surface area contributed by atoms with Crippen LogP contribution in [-0.4, -0.2) is 35.0 Å². The smallest absolute Gasteiger partial charge is 0.229 e. The predicted octanol–water partition coefficient (Wildman–Crippen LogP) is 3.51. The molecule has 1 aliphatic rings. The lowest BCUT2D eigenvalue weighted by Gasteiger charge is -2.21. The highest BCUT2D eigenvalue weighted by Gasteiger charge is 2.22. The molecule has 4 rings (SSSR count). The lowest BCUT2D eigenvalue weighted by Crippen LogP contribution is -2.37. The average Bonchev–Trinajstić information content (AvgIpc) is 3.11. The normalized spacial score (nSPS) is 16.9. The van der Waals surface area contributed by atoms with Crippen LogP contribution in [0, 0.1) is 11.7 Å². The first-order chi connectivity index (χ1) is 13.5. The van der Waals surface area contributed by atoms with Crippen molar-refractivity contribution in [3.05, 3.63) is 47.8 Å². The molecule has 0 unspecified atom stereocenters. The van der Waals surface area contributed by atoms with Gasteiger partial charge in [-0.1, -0.05) is 6.07 Å². The Bertz CT molecular complexity index is 1050. The highest BCUT2D eigenvalue weighted by Crippen LogP contribution is 2.30. The van der Waals surface area contributed by atoms with E-state index in [-0.39, 0.29) is 17.6 Å². The Labute approximate surface area is 161 Å². The van der Waals surface area contributed by atoms with Crippen molar-refractivity contribution in [2.24, 2.45) is 5.92 Å². The van der Waals surface area contributed by atoms with Crippen molar-refractivity contribution in [2.75, 3.05) is 18.4 Å². The van der Waals surface area contributed by atoms with E-state index in [0.717, 1.165) is 24.9 Å². The van der Waals surface area contributed by atoms with Gasteiger partial charge in [-0.15, -0.1) is 0 Å². The fourth-order valence-corrected chi connectivity index (χ4v) is 3.54. The van der Waals surface area contributed by atoms with E-state index in [2.05, 4.69) is 20.8 Å². The zero-order valence-electron chi connectivity index (χ0n) is 15.5. The lowest BCUT2D eigenvalue weighted by molar-refractivity contribution is -0.120. The molecule has 0 aliphatic carbocycles. The molecule has 144 valence electrons. The van der Waals surface area contributed by atoms with Gasteiger partial charge in [-0.2, -0.15) is 5.10 Å². The van der Waals surface area contributed by atoms with Crippen molar-refractivity contribution < 1.29 is 14.0 Å². The van der Waals surface area contributed by atoms with Crippen LogP contribution in [0.2, 0.25) is 0 Å². The molecule has 7 heteroatoms. The molecular weight excluding hydrogens is 359 g/mol. The monoisotopic (exact) mass is 380 g/mol. The molecule has 1 aliphatic heterocycles. The van der Waals surface area contributed by atoms with E-state index in [4.69, 9.17) is 0 Å². The van der Waals surface area contributed by atoms with Crippen molar-refractivity contribution in [1.82, 2.24) is 15.5 Å². The number of Topliss-reactive ketones (excluding diaryl/α,β-unsaturated/α-hetero) is 1. The minimum Gasteiger partial charge on any atom is -0.316 e. The quantitative estimate of drug-likeness (QED) is 0.605. The molecule has 3 N–H and O–H groups in total. The molecule has 28 heavy (non-hydrogen) atoms. The van der Waals surface area contributed by atoms with Gasteiger partial charge in [0.25, 0.3) is 0 Å². The van der Waals surface area contributed by atoms with E-state index in [9.17, 15) is 14.0 Å². The van der Waals surface area contributed by atoms with Crippen LogP contribution in [0.3, 0.4) is 0 Å². The van der Waals surface area contributed by atoms with Gasteiger partial charge in [0.2, 0.25) is 5.91 Å². The van der Waals surface area contributed by atoms with Crippen LogP contribution in [-0.2, 0) is 4.79 Å². The summed E-state index contributed by atoms with van der Waals surface area (Å²) in [6.07, 6.45) is 1.81. The molecule has 6 nitrogen and oxygen atoms in total. The number of anilines is 1. The number of nitrogens with zero attached hydrogens (tertiary/aromatic N) is 1. The number of nitrogens with one attached hydrogen (secondary N) is 3. The highest BCUT2D eigenvalue weighted by molar-refractivity contribution is 6.02. The third kappa shape index (κ3) is 3.53. The zero-order chi connectivity index (χ0) is 19.7. The van der Waals surface area contributed by atoms with Crippen molar-refractivity contribution >= 4 is 28.4 Å². The number of carbonyl (C=O) groups is 2. The van der Waals surface area contributed by atoms with E-state index in [0.29, 0.717) is 34.4 Å². The van der Waals surface area contributed by atoms with Crippen molar-refractivity contribution in [3.8, 4) is 11.1 Å². The molecule has 3 aromatic rings. The molecule has 1 aromatic heterocycles. The Kier molecular flexibility index (Phi) is 4.92. The number of carbonyl (C=O) groups excluding carboxylic acids is 2. The highest BCUT2D eigenvalue weighted by atomic mass is 19.1. The Hall–Kier alpha value is -3.06. The molecular formula is C21H21FN4O2. The molecule has 2 heterocycles. The minimum atomic E-state index is -0.410. The van der Waals surface area contributed by atoms with Gasteiger partial charge in [-0.3, -0.25) is 14.7 Å². The second-order valence-corrected chi connectivity index (χ2v) is 7.12. The molecule has 0 radical (unpaired) electrons. The number of rotatable bonds is 4. The van der Waals surface area contributed by atoms with Gasteiger partial charge >= 0.3 is 0 Å². The Morgan fingerprint density at radius 3 is 2.82 bits per heavy atom. The molecule has 1 amide bonds. The van der Waals surface area contributed by atoms with Crippen LogP contribution >= 0.6 is 0 Å². The van der Waals surface area contributed by atoms with Crippen LogP contribution < -0.4 is 10.6 Å². The number of piperidine rings is 1. The standard InChI is InChI=1S/C21H21FN4O2/c1-12(27)13-4-6-18(22)16(9-13)14-5-7-19-17(10-14)20(26-25-19)24-21(28)15-3-2-8-23-11-15/h4-7,9-10,15,23H,2-3,8,11H2,1H3,(H2,24,25,26,28)/t15-/m1/s1. The first kappa shape index (κ1) is 18.3. The van der Waals surface area contributed by atoms with Crippen LogP contribution in [0.15, 0.2) is 36.4 Å². The molecule has 0 spiro atoms. The first-order valence-electron chi connectivity index (χ1n) is 9.33. The predicted molar refractivity (Wildman–Crippen MR) is 106 cm³/mol. The molecule has 1 atom stereocenters. The summed E-state index contributed by atoms with van der Waals surface area (Å²) in [5, 5.41) is 13.9. The second kappa shape index (κ2) is 7.52. The number of ketones is 1. The minimum absolute atomic E-state index is 0.0734. The topological polar surface area (TPSA) is 86.9 Å². The molecule has 1 fully saturated rings. The van der Waals surface area contributed by atoms with E-state index >= 15 is 0 Å². The van der Waals surface area contributed by atoms with Gasteiger partial charge in [0, 0.05) is 23.1 Å². The number of benzene rings is 2. The number of halogens is 1. The zero-order valence-corrected chi connectivity index (χ0v) is 15.5. The van der Waals surface area contributed by atoms with Gasteiger partial charge in [-0.25, -0.2) is 4.39 Å². The van der Waals surface area contributed by atoms with Crippen LogP contribution in [0.5, 0.6) is 0 Å². The number of fused-ring (bicyclic) bond motifs is 1. The van der Waals surface area contributed by atoms with Gasteiger partial charge in [0.05, 0.1) is 11.4 Å². The number of aromatic nitrogens is 2. The van der Waals surface area contributed by atoms with Crippen molar-refractivity contribution in [3.63, 3.8) is 0 Å². The Morgan fingerprint density at radius 1 is 1.21 bits per heavy atom. The van der Waals surface area contributed by atoms with Gasteiger partial charge in [0.1, 0.15) is 5.82 Å². The third-order valence-corrected chi connectivity index (χ3v) is 5.16. The maximum atomic E-state index is 14.4. The van der Waals surface area contributed by atoms with E-state index in [1.807, 2.05) is 0 Å². The average molecular weight is 380 g/mol. The number of H-pyrrole nitrogens is 1. The third-order valence-electron chi connectivity index (χ3n) is 5.16. The number of hydrogen-bond donors (Lipinski definition) is 3. The van der Waals surface area contributed by atoms with Gasteiger partial charge in [-0.05, 0) is 62.2 Å². The SMILES string of the molecule is CC(=O)c1ccc(F)c(-c2ccc3[nH]nc(NC(=O)[C@@H]4CCCNC4)c3c2)c1. The van der Waals surface area contributed by atoms with Crippen LogP contribution in [0.4, 0.5) is 10.2 Å². The van der Waals surface area contributed by atoms with Gasteiger partial charge in [0.15, 0.2) is 11.6 Å². The van der Waals surface area contributed by atoms with Crippen molar-refractivity contribution in [2.45, 2.75) is 19.8 Å². The Morgan fingerprint density at radius 2 is 2.07 bits per heavy atom. The summed E-state index contributed by atoms with van der Waals surface area (Å²) in [6, 6.07) is 9.64. The lowest BCUT2D eigenvalue weighted by atomic mass is 9.98. The molecule has 0 saturated carbocycles. The number of aromatic amines is 1. The molecule has 1 saturated heterocycles. The summed E-state index contributed by atoms with van der Waals surface area (Å²) < 4.78 is 14.4. The molecule has 2 aromatic carbocycles. The van der Waals surface area contributed by atoms with E-state index < -0.39 is 5.82 Å². The Balaban J connectivity index is 1.68. The van der Waals surface area contributed by atoms with E-state index in [1.54, 1.807) is 24.3 Å². The number of amides is 1. The summed E-state index contributed by atoms with van der Waals surface area (Å²) in [5.41, 5.74) is 2.14. The summed E-state index contributed by atoms with van der Waals surface area (Å²) in [7, 11) is 0. The second-order valence-electron chi connectivity index (χ2n) is 7.12. The summed E-state index contributed by atoms with van der Waals surface area (Å²) in [5.74, 6) is -0.272. The largest absolute Gasteiger partial charge is 0.316 e. The van der Waals surface area contributed by atoms with Crippen LogP contribution in [0.25, 0.3) is 22.0 Å². The fraction of sp³-hybridized carbons (Fsp3) is 0.286. The fourth-order valence-electron chi connectivity index (χ4n) is 3.54. The van der Waals surface area contributed by atoms with E-state index in [1.165, 1.54) is 19.1 Å². The van der Waals surface area contributed by atoms with Crippen molar-refractivity contribution in [1.29, 1.82) is 0 Å². The van der Waals surface area contributed by atoms with Gasteiger partial charge < -0.3 is 10.6 Å². The maximum Gasteiger partial charge on any atom is 0.229 e. The summed E-state index contributed by atoms with van der Waals surface area (Å²) in [6.45, 7) is 3.04. The number of hydrogen-bond acceptors (Lipinski definition) is 4. The maximum absolute atomic E-state index is 14.4. The first-order valence-corrected chi connectivity index (χ1v) is 9.33. The summed E-state index contributed by atoms with van der Waals surface area (Å²) >= 11 is 0. The molecule has 0 bridgehead atoms.